The largest absolute Gasteiger partial charge is 0.338 e. The topological polar surface area (TPSA) is 55.2 Å². The number of carbonyl (C=O) groups is 1. The Bertz CT molecular complexity index is 772. The number of piperidine rings is 1. The van der Waals surface area contributed by atoms with E-state index in [4.69, 9.17) is 11.6 Å². The Hall–Kier alpha value is -1.88. The molecule has 1 saturated heterocycles. The van der Waals surface area contributed by atoms with Gasteiger partial charge in [0.2, 0.25) is 5.91 Å². The number of amides is 1. The van der Waals surface area contributed by atoms with Crippen molar-refractivity contribution in [2.24, 2.45) is 0 Å². The molecule has 1 fully saturated rings. The number of halogens is 1. The predicted octanol–water partition coefficient (Wildman–Crippen LogP) is 2.45. The molecule has 22 heavy (non-hydrogen) atoms. The summed E-state index contributed by atoms with van der Waals surface area (Å²) in [5.74, 6) is -0.0301. The van der Waals surface area contributed by atoms with Gasteiger partial charge in [0.1, 0.15) is 6.54 Å². The number of nitrogens with zero attached hydrogens (tertiary/aromatic N) is 3. The van der Waals surface area contributed by atoms with Crippen LogP contribution in [0.25, 0.3) is 10.9 Å². The van der Waals surface area contributed by atoms with Gasteiger partial charge >= 0.3 is 0 Å². The minimum atomic E-state index is -0.231. The summed E-state index contributed by atoms with van der Waals surface area (Å²) in [6.07, 6.45) is 4.63. The molecular weight excluding hydrogens is 302 g/mol. The number of aromatic nitrogens is 2. The summed E-state index contributed by atoms with van der Waals surface area (Å²) in [4.78, 5) is 31.0. The van der Waals surface area contributed by atoms with E-state index >= 15 is 0 Å². The maximum Gasteiger partial charge on any atom is 0.261 e. The van der Waals surface area contributed by atoms with Crippen molar-refractivity contribution in [2.45, 2.75) is 38.8 Å². The summed E-state index contributed by atoms with van der Waals surface area (Å²) in [7, 11) is 0. The van der Waals surface area contributed by atoms with Gasteiger partial charge in [-0.3, -0.25) is 14.2 Å². The molecule has 5 nitrogen and oxygen atoms in total. The van der Waals surface area contributed by atoms with Crippen molar-refractivity contribution in [3.8, 4) is 0 Å². The van der Waals surface area contributed by atoms with Crippen molar-refractivity contribution in [3.05, 3.63) is 39.9 Å². The lowest BCUT2D eigenvalue weighted by Crippen LogP contribution is -2.44. The number of benzene rings is 1. The van der Waals surface area contributed by atoms with Gasteiger partial charge in [-0.1, -0.05) is 11.6 Å². The highest BCUT2D eigenvalue weighted by molar-refractivity contribution is 6.31. The number of fused-ring (bicyclic) bond motifs is 1. The molecule has 116 valence electrons. The van der Waals surface area contributed by atoms with Gasteiger partial charge in [0.15, 0.2) is 0 Å². The van der Waals surface area contributed by atoms with Gasteiger partial charge < -0.3 is 4.90 Å². The third-order valence-electron chi connectivity index (χ3n) is 4.21. The van der Waals surface area contributed by atoms with Crippen molar-refractivity contribution < 1.29 is 4.79 Å². The number of carbonyl (C=O) groups excluding carboxylic acids is 1. The Balaban J connectivity index is 1.89. The Morgan fingerprint density at radius 3 is 3.00 bits per heavy atom. The molecule has 1 aliphatic rings. The SMILES string of the molecule is C[C@H]1CCCCN1C(=O)Cn1cnc2ccc(Cl)cc2c1=O. The van der Waals surface area contributed by atoms with Crippen molar-refractivity contribution in [1.29, 1.82) is 0 Å². The minimum Gasteiger partial charge on any atom is -0.338 e. The van der Waals surface area contributed by atoms with Crippen LogP contribution in [-0.2, 0) is 11.3 Å². The van der Waals surface area contributed by atoms with Gasteiger partial charge in [-0.25, -0.2) is 4.98 Å². The van der Waals surface area contributed by atoms with E-state index in [1.54, 1.807) is 18.2 Å². The number of likely N-dealkylation sites (tertiary alicyclic amines) is 1. The Morgan fingerprint density at radius 2 is 2.23 bits per heavy atom. The van der Waals surface area contributed by atoms with Crippen LogP contribution in [0, 0.1) is 0 Å². The molecule has 0 saturated carbocycles. The van der Waals surface area contributed by atoms with Crippen LogP contribution in [-0.4, -0.2) is 32.9 Å². The smallest absolute Gasteiger partial charge is 0.261 e. The van der Waals surface area contributed by atoms with E-state index in [9.17, 15) is 9.59 Å². The lowest BCUT2D eigenvalue weighted by molar-refractivity contribution is -0.135. The molecule has 6 heteroatoms. The molecule has 2 heterocycles. The lowest BCUT2D eigenvalue weighted by atomic mass is 10.0. The summed E-state index contributed by atoms with van der Waals surface area (Å²) in [5.41, 5.74) is 0.356. The van der Waals surface area contributed by atoms with Gasteiger partial charge in [0.05, 0.1) is 17.2 Å². The standard InChI is InChI=1S/C16H18ClN3O2/c1-11-4-2-3-7-20(11)15(21)9-19-10-18-14-6-5-12(17)8-13(14)16(19)22/h5-6,8,10-11H,2-4,7,9H2,1H3/t11-/m0/s1. The molecular formula is C16H18ClN3O2. The van der Waals surface area contributed by atoms with Crippen LogP contribution in [0.15, 0.2) is 29.3 Å². The second-order valence-corrected chi connectivity index (χ2v) is 6.21. The highest BCUT2D eigenvalue weighted by atomic mass is 35.5. The molecule has 1 aromatic heterocycles. The Labute approximate surface area is 133 Å². The second-order valence-electron chi connectivity index (χ2n) is 5.77. The van der Waals surface area contributed by atoms with E-state index < -0.39 is 0 Å². The van der Waals surface area contributed by atoms with E-state index in [0.717, 1.165) is 25.8 Å². The number of rotatable bonds is 2. The zero-order chi connectivity index (χ0) is 15.7. The first kappa shape index (κ1) is 15.0. The summed E-state index contributed by atoms with van der Waals surface area (Å²) in [6.45, 7) is 2.85. The average Bonchev–Trinajstić information content (AvgIpc) is 2.51. The first-order valence-corrected chi connectivity index (χ1v) is 7.88. The summed E-state index contributed by atoms with van der Waals surface area (Å²) < 4.78 is 1.36. The van der Waals surface area contributed by atoms with E-state index in [2.05, 4.69) is 11.9 Å². The van der Waals surface area contributed by atoms with Crippen LogP contribution < -0.4 is 5.56 Å². The molecule has 0 bridgehead atoms. The zero-order valence-electron chi connectivity index (χ0n) is 12.5. The fraction of sp³-hybridized carbons (Fsp3) is 0.438. The predicted molar refractivity (Wildman–Crippen MR) is 86.0 cm³/mol. The first-order valence-electron chi connectivity index (χ1n) is 7.50. The van der Waals surface area contributed by atoms with E-state index in [0.29, 0.717) is 15.9 Å². The normalized spacial score (nSPS) is 18.6. The van der Waals surface area contributed by atoms with Crippen LogP contribution in [0.1, 0.15) is 26.2 Å². The third kappa shape index (κ3) is 2.86. The summed E-state index contributed by atoms with van der Waals surface area (Å²) in [5, 5.41) is 0.926. The van der Waals surface area contributed by atoms with Crippen molar-refractivity contribution in [3.63, 3.8) is 0 Å². The molecule has 3 rings (SSSR count). The summed E-state index contributed by atoms with van der Waals surface area (Å²) in [6, 6.07) is 5.23. The highest BCUT2D eigenvalue weighted by Gasteiger charge is 2.23. The van der Waals surface area contributed by atoms with Crippen LogP contribution in [0.4, 0.5) is 0 Å². The van der Waals surface area contributed by atoms with Crippen LogP contribution in [0.3, 0.4) is 0 Å². The monoisotopic (exact) mass is 319 g/mol. The van der Waals surface area contributed by atoms with E-state index in [1.165, 1.54) is 10.9 Å². The average molecular weight is 320 g/mol. The summed E-state index contributed by atoms with van der Waals surface area (Å²) >= 11 is 5.94. The van der Waals surface area contributed by atoms with Crippen LogP contribution >= 0.6 is 11.6 Å². The van der Waals surface area contributed by atoms with Gasteiger partial charge in [0, 0.05) is 17.6 Å². The fourth-order valence-corrected chi connectivity index (χ4v) is 3.12. The molecule has 1 amide bonds. The maximum atomic E-state index is 12.5. The lowest BCUT2D eigenvalue weighted by Gasteiger charge is -2.33. The minimum absolute atomic E-state index is 0.0264. The molecule has 0 unspecified atom stereocenters. The second kappa shape index (κ2) is 6.08. The Morgan fingerprint density at radius 1 is 1.41 bits per heavy atom. The fourth-order valence-electron chi connectivity index (χ4n) is 2.95. The molecule has 2 aromatic rings. The van der Waals surface area contributed by atoms with Gasteiger partial charge in [-0.2, -0.15) is 0 Å². The zero-order valence-corrected chi connectivity index (χ0v) is 13.2. The molecule has 1 atom stereocenters. The number of hydrogen-bond donors (Lipinski definition) is 0. The quantitative estimate of drug-likeness (QED) is 0.854. The number of hydrogen-bond acceptors (Lipinski definition) is 3. The van der Waals surface area contributed by atoms with Gasteiger partial charge in [-0.05, 0) is 44.4 Å². The van der Waals surface area contributed by atoms with E-state index in [1.807, 2.05) is 4.90 Å². The first-order chi connectivity index (χ1) is 10.6. The Kier molecular flexibility index (Phi) is 4.16. The van der Waals surface area contributed by atoms with Crippen LogP contribution in [0.2, 0.25) is 5.02 Å². The van der Waals surface area contributed by atoms with Crippen molar-refractivity contribution in [1.82, 2.24) is 14.5 Å². The molecule has 0 aliphatic carbocycles. The molecule has 0 spiro atoms. The van der Waals surface area contributed by atoms with Crippen LogP contribution in [0.5, 0.6) is 0 Å². The maximum absolute atomic E-state index is 12.5. The third-order valence-corrected chi connectivity index (χ3v) is 4.45. The van der Waals surface area contributed by atoms with Gasteiger partial charge in [0.25, 0.3) is 5.56 Å². The van der Waals surface area contributed by atoms with Gasteiger partial charge in [-0.15, -0.1) is 0 Å². The molecule has 1 aliphatic heterocycles. The van der Waals surface area contributed by atoms with Crippen molar-refractivity contribution in [2.75, 3.05) is 6.54 Å². The van der Waals surface area contributed by atoms with E-state index in [-0.39, 0.29) is 24.1 Å². The molecule has 1 aromatic carbocycles. The highest BCUT2D eigenvalue weighted by Crippen LogP contribution is 2.17. The molecule has 0 radical (unpaired) electrons. The van der Waals surface area contributed by atoms with Crippen molar-refractivity contribution >= 4 is 28.4 Å². The molecule has 0 N–H and O–H groups in total.